The molecule has 1 unspecified atom stereocenters. The van der Waals surface area contributed by atoms with E-state index in [-0.39, 0.29) is 10.8 Å². The number of hydrogen-bond donors (Lipinski definition) is 0. The Morgan fingerprint density at radius 3 is 2.72 bits per heavy atom. The van der Waals surface area contributed by atoms with Gasteiger partial charge in [0.25, 0.3) is 0 Å². The third-order valence-electron chi connectivity index (χ3n) is 4.16. The van der Waals surface area contributed by atoms with Crippen molar-refractivity contribution in [3.8, 4) is 11.5 Å². The van der Waals surface area contributed by atoms with Gasteiger partial charge >= 0.3 is 0 Å². The summed E-state index contributed by atoms with van der Waals surface area (Å²) in [5.74, 6) is 0.854. The van der Waals surface area contributed by atoms with Gasteiger partial charge in [-0.1, -0.05) is 11.6 Å². The monoisotopic (exact) mass is 395 g/mol. The lowest BCUT2D eigenvalue weighted by molar-refractivity contribution is 0.440. The highest BCUT2D eigenvalue weighted by Crippen LogP contribution is 2.32. The number of rotatable bonds is 4. The van der Waals surface area contributed by atoms with Crippen LogP contribution in [-0.4, -0.2) is 36.0 Å². The van der Waals surface area contributed by atoms with Gasteiger partial charge in [-0.3, -0.25) is 0 Å². The Bertz CT molecular complexity index is 968. The maximum absolute atomic E-state index is 12.7. The Hall–Kier alpha value is -1.74. The van der Waals surface area contributed by atoms with E-state index in [0.717, 1.165) is 5.56 Å². The van der Waals surface area contributed by atoms with Crippen LogP contribution in [0.25, 0.3) is 11.5 Å². The van der Waals surface area contributed by atoms with Crippen molar-refractivity contribution < 1.29 is 12.8 Å². The van der Waals surface area contributed by atoms with E-state index in [9.17, 15) is 8.42 Å². The van der Waals surface area contributed by atoms with Crippen molar-refractivity contribution >= 4 is 33.0 Å². The minimum atomic E-state index is -3.55. The normalized spacial score (nSPS) is 18.7. The molecule has 6 nitrogen and oxygen atoms in total. The molecule has 4 rings (SSSR count). The van der Waals surface area contributed by atoms with Gasteiger partial charge in [-0.05, 0) is 42.1 Å². The molecule has 130 valence electrons. The Labute approximate surface area is 154 Å². The number of aromatic nitrogens is 2. The predicted molar refractivity (Wildman–Crippen MR) is 95.2 cm³/mol. The molecule has 1 aromatic carbocycles. The minimum Gasteiger partial charge on any atom is -0.420 e. The second kappa shape index (κ2) is 6.53. The lowest BCUT2D eigenvalue weighted by Crippen LogP contribution is -2.28. The molecule has 0 aliphatic carbocycles. The third kappa shape index (κ3) is 3.22. The van der Waals surface area contributed by atoms with Crippen molar-refractivity contribution in [3.63, 3.8) is 0 Å². The molecule has 3 heterocycles. The first-order chi connectivity index (χ1) is 12.0. The fourth-order valence-corrected chi connectivity index (χ4v) is 5.06. The van der Waals surface area contributed by atoms with Crippen LogP contribution in [0.2, 0.25) is 5.02 Å². The SMILES string of the molecule is O=S(=O)(c1ccc(Cl)cc1)N1CCC(c2nnc(-c3ccsc3)o2)C1. The fraction of sp³-hybridized carbons (Fsp3) is 0.250. The highest BCUT2D eigenvalue weighted by Gasteiger charge is 2.35. The largest absolute Gasteiger partial charge is 0.420 e. The van der Waals surface area contributed by atoms with E-state index in [2.05, 4.69) is 10.2 Å². The first-order valence-electron chi connectivity index (χ1n) is 7.66. The standard InChI is InChI=1S/C16H14ClN3O3S2/c17-13-1-3-14(4-2-13)25(21,22)20-7-5-11(9-20)15-18-19-16(23-15)12-6-8-24-10-12/h1-4,6,8,10-11H,5,7,9H2. The number of sulfonamides is 1. The van der Waals surface area contributed by atoms with Crippen LogP contribution in [0.1, 0.15) is 18.2 Å². The van der Waals surface area contributed by atoms with Gasteiger partial charge in [0.15, 0.2) is 0 Å². The highest BCUT2D eigenvalue weighted by molar-refractivity contribution is 7.89. The molecule has 0 bridgehead atoms. The van der Waals surface area contributed by atoms with E-state index in [1.807, 2.05) is 16.8 Å². The predicted octanol–water partition coefficient (Wildman–Crippen LogP) is 3.63. The lowest BCUT2D eigenvalue weighted by atomic mass is 10.1. The first-order valence-corrected chi connectivity index (χ1v) is 10.4. The lowest BCUT2D eigenvalue weighted by Gasteiger charge is -2.16. The molecule has 25 heavy (non-hydrogen) atoms. The number of halogens is 1. The minimum absolute atomic E-state index is 0.0954. The number of thiophene rings is 1. The zero-order chi connectivity index (χ0) is 17.4. The molecule has 0 amide bonds. The fourth-order valence-electron chi connectivity index (χ4n) is 2.81. The van der Waals surface area contributed by atoms with Crippen molar-refractivity contribution in [2.24, 2.45) is 0 Å². The van der Waals surface area contributed by atoms with Gasteiger partial charge in [0.2, 0.25) is 21.8 Å². The van der Waals surface area contributed by atoms with Crippen LogP contribution in [0, 0.1) is 0 Å². The summed E-state index contributed by atoms with van der Waals surface area (Å²) in [6.07, 6.45) is 0.651. The Morgan fingerprint density at radius 2 is 2.00 bits per heavy atom. The second-order valence-corrected chi connectivity index (χ2v) is 8.91. The third-order valence-corrected chi connectivity index (χ3v) is 6.97. The maximum atomic E-state index is 12.7. The summed E-state index contributed by atoms with van der Waals surface area (Å²) in [4.78, 5) is 0.238. The molecule has 1 saturated heterocycles. The molecule has 1 aliphatic rings. The van der Waals surface area contributed by atoms with Gasteiger partial charge in [0.05, 0.1) is 10.8 Å². The Balaban J connectivity index is 1.52. The smallest absolute Gasteiger partial charge is 0.248 e. The summed E-state index contributed by atoms with van der Waals surface area (Å²) in [5, 5.41) is 12.5. The van der Waals surface area contributed by atoms with Gasteiger partial charge in [-0.2, -0.15) is 15.6 Å². The van der Waals surface area contributed by atoms with Gasteiger partial charge < -0.3 is 4.42 Å². The summed E-state index contributed by atoms with van der Waals surface area (Å²) in [7, 11) is -3.55. The molecule has 0 spiro atoms. The van der Waals surface area contributed by atoms with Gasteiger partial charge in [-0.15, -0.1) is 10.2 Å². The Kier molecular flexibility index (Phi) is 4.36. The molecule has 9 heteroatoms. The molecule has 1 fully saturated rings. The summed E-state index contributed by atoms with van der Waals surface area (Å²) in [6.45, 7) is 0.752. The first kappa shape index (κ1) is 16.7. The van der Waals surface area contributed by atoms with E-state index >= 15 is 0 Å². The van der Waals surface area contributed by atoms with Crippen LogP contribution in [0.5, 0.6) is 0 Å². The quantitative estimate of drug-likeness (QED) is 0.674. The van der Waals surface area contributed by atoms with Crippen molar-refractivity contribution in [1.82, 2.24) is 14.5 Å². The van der Waals surface area contributed by atoms with Crippen LogP contribution in [-0.2, 0) is 10.0 Å². The van der Waals surface area contributed by atoms with E-state index in [1.54, 1.807) is 23.5 Å². The summed E-state index contributed by atoms with van der Waals surface area (Å²) in [6, 6.07) is 8.10. The zero-order valence-corrected chi connectivity index (χ0v) is 15.4. The number of hydrogen-bond acceptors (Lipinski definition) is 6. The van der Waals surface area contributed by atoms with Crippen LogP contribution in [0.15, 0.2) is 50.4 Å². The molecule has 0 radical (unpaired) electrons. The van der Waals surface area contributed by atoms with Crippen LogP contribution in [0.4, 0.5) is 0 Å². The van der Waals surface area contributed by atoms with E-state index in [4.69, 9.17) is 16.0 Å². The van der Waals surface area contributed by atoms with Crippen LogP contribution >= 0.6 is 22.9 Å². The van der Waals surface area contributed by atoms with Crippen molar-refractivity contribution in [3.05, 3.63) is 52.0 Å². The van der Waals surface area contributed by atoms with Crippen molar-refractivity contribution in [2.45, 2.75) is 17.2 Å². The molecule has 1 aliphatic heterocycles. The molecule has 2 aromatic heterocycles. The molecule has 0 saturated carbocycles. The highest BCUT2D eigenvalue weighted by atomic mass is 35.5. The topological polar surface area (TPSA) is 76.3 Å². The van der Waals surface area contributed by atoms with Crippen LogP contribution < -0.4 is 0 Å². The summed E-state index contributed by atoms with van der Waals surface area (Å²) < 4.78 is 32.7. The molecular formula is C16H14ClN3O3S2. The average Bonchev–Trinajstić information content (AvgIpc) is 3.34. The van der Waals surface area contributed by atoms with E-state index in [0.29, 0.717) is 36.3 Å². The Morgan fingerprint density at radius 1 is 1.20 bits per heavy atom. The second-order valence-electron chi connectivity index (χ2n) is 5.76. The number of benzene rings is 1. The number of nitrogens with zero attached hydrogens (tertiary/aromatic N) is 3. The van der Waals surface area contributed by atoms with Gasteiger partial charge in [0.1, 0.15) is 0 Å². The molecule has 3 aromatic rings. The van der Waals surface area contributed by atoms with E-state index in [1.165, 1.54) is 16.4 Å². The average molecular weight is 396 g/mol. The molecule has 1 atom stereocenters. The molecular weight excluding hydrogens is 382 g/mol. The van der Waals surface area contributed by atoms with Crippen molar-refractivity contribution in [1.29, 1.82) is 0 Å². The van der Waals surface area contributed by atoms with Gasteiger partial charge in [0, 0.05) is 29.1 Å². The van der Waals surface area contributed by atoms with Gasteiger partial charge in [-0.25, -0.2) is 8.42 Å². The zero-order valence-electron chi connectivity index (χ0n) is 13.0. The van der Waals surface area contributed by atoms with Crippen molar-refractivity contribution in [2.75, 3.05) is 13.1 Å². The van der Waals surface area contributed by atoms with Crippen LogP contribution in [0.3, 0.4) is 0 Å². The maximum Gasteiger partial charge on any atom is 0.248 e. The summed E-state index contributed by atoms with van der Waals surface area (Å²) >= 11 is 7.39. The van der Waals surface area contributed by atoms with E-state index < -0.39 is 10.0 Å². The molecule has 0 N–H and O–H groups in total. The summed E-state index contributed by atoms with van der Waals surface area (Å²) in [5.41, 5.74) is 0.882.